The summed E-state index contributed by atoms with van der Waals surface area (Å²) < 4.78 is 0. The summed E-state index contributed by atoms with van der Waals surface area (Å²) in [6.07, 6.45) is 3.59. The van der Waals surface area contributed by atoms with E-state index in [4.69, 9.17) is 9.97 Å². The Morgan fingerprint density at radius 1 is 1.00 bits per heavy atom. The Morgan fingerprint density at radius 3 is 2.53 bits per heavy atom. The molecule has 1 N–H and O–H groups in total. The first-order chi connectivity index (χ1) is 14.5. The van der Waals surface area contributed by atoms with Gasteiger partial charge in [0, 0.05) is 37.6 Å². The Labute approximate surface area is 183 Å². The summed E-state index contributed by atoms with van der Waals surface area (Å²) >= 11 is 1.79. The molecule has 4 heterocycles. The van der Waals surface area contributed by atoms with Crippen molar-refractivity contribution in [1.82, 2.24) is 25.1 Å². The molecule has 2 aromatic heterocycles. The van der Waals surface area contributed by atoms with Crippen molar-refractivity contribution in [2.24, 2.45) is 0 Å². The Bertz CT molecular complexity index is 891. The molecule has 0 saturated carbocycles. The highest BCUT2D eigenvalue weighted by atomic mass is 32.1. The monoisotopic (exact) mass is 430 g/mol. The zero-order chi connectivity index (χ0) is 21.1. The Morgan fingerprint density at radius 2 is 1.77 bits per heavy atom. The van der Waals surface area contributed by atoms with Gasteiger partial charge in [-0.15, -0.1) is 11.3 Å². The molecule has 164 valence electrons. The van der Waals surface area contributed by atoms with Crippen molar-refractivity contribution in [3.8, 4) is 0 Å². The molecule has 0 radical (unpaired) electrons. The third-order valence-corrected chi connectivity index (χ3v) is 7.35. The van der Waals surface area contributed by atoms with Gasteiger partial charge in [0.15, 0.2) is 0 Å². The van der Waals surface area contributed by atoms with Crippen LogP contribution in [0.3, 0.4) is 0 Å². The number of anilines is 1. The number of amides is 1. The Balaban J connectivity index is 1.57. The maximum atomic E-state index is 12.0. The quantitative estimate of drug-likeness (QED) is 0.760. The summed E-state index contributed by atoms with van der Waals surface area (Å²) in [6.45, 7) is 14.3. The molecule has 1 amide bonds. The Hall–Kier alpha value is -1.77. The first-order valence-corrected chi connectivity index (χ1v) is 12.1. The second-order valence-electron chi connectivity index (χ2n) is 8.48. The fraction of sp³-hybridized carbons (Fsp3) is 0.682. The molecule has 2 aliphatic heterocycles. The van der Waals surface area contributed by atoms with Gasteiger partial charge in [-0.3, -0.25) is 14.6 Å². The summed E-state index contributed by atoms with van der Waals surface area (Å²) in [4.78, 5) is 31.7. The van der Waals surface area contributed by atoms with Gasteiger partial charge in [-0.05, 0) is 58.7 Å². The zero-order valence-electron chi connectivity index (χ0n) is 18.5. The fourth-order valence-electron chi connectivity index (χ4n) is 4.51. The van der Waals surface area contributed by atoms with E-state index in [0.29, 0.717) is 13.1 Å². The van der Waals surface area contributed by atoms with Crippen LogP contribution in [0, 0.1) is 13.8 Å². The molecule has 0 spiro atoms. The maximum absolute atomic E-state index is 12.0. The van der Waals surface area contributed by atoms with Crippen molar-refractivity contribution in [3.05, 3.63) is 16.3 Å². The van der Waals surface area contributed by atoms with Crippen LogP contribution in [0.1, 0.15) is 42.5 Å². The SMILES string of the molecule is CCNC(=O)CN1CCCN(c2nc(CN3CCCC3)nc3sc(C)c(C)c23)CC1. The van der Waals surface area contributed by atoms with E-state index < -0.39 is 0 Å². The van der Waals surface area contributed by atoms with Crippen LogP contribution in [0.2, 0.25) is 0 Å². The number of hydrogen-bond acceptors (Lipinski definition) is 7. The predicted molar refractivity (Wildman–Crippen MR) is 123 cm³/mol. The van der Waals surface area contributed by atoms with E-state index in [2.05, 4.69) is 33.9 Å². The van der Waals surface area contributed by atoms with E-state index in [9.17, 15) is 4.79 Å². The highest BCUT2D eigenvalue weighted by Crippen LogP contribution is 2.35. The van der Waals surface area contributed by atoms with Gasteiger partial charge in [-0.2, -0.15) is 0 Å². The summed E-state index contributed by atoms with van der Waals surface area (Å²) in [6, 6.07) is 0. The molecule has 0 aliphatic carbocycles. The molecule has 2 aliphatic rings. The molecule has 7 nitrogen and oxygen atoms in total. The van der Waals surface area contributed by atoms with Crippen LogP contribution in [0.15, 0.2) is 0 Å². The van der Waals surface area contributed by atoms with Gasteiger partial charge in [-0.1, -0.05) is 0 Å². The van der Waals surface area contributed by atoms with Crippen molar-refractivity contribution < 1.29 is 4.79 Å². The van der Waals surface area contributed by atoms with Crippen LogP contribution >= 0.6 is 11.3 Å². The molecule has 0 unspecified atom stereocenters. The summed E-state index contributed by atoms with van der Waals surface area (Å²) in [5.41, 5.74) is 1.31. The first kappa shape index (κ1) is 21.5. The lowest BCUT2D eigenvalue weighted by Gasteiger charge is -2.24. The summed E-state index contributed by atoms with van der Waals surface area (Å²) in [5, 5.41) is 4.14. The third-order valence-electron chi connectivity index (χ3n) is 6.25. The van der Waals surface area contributed by atoms with Gasteiger partial charge in [-0.25, -0.2) is 9.97 Å². The van der Waals surface area contributed by atoms with E-state index in [0.717, 1.165) is 68.7 Å². The molecule has 0 atom stereocenters. The van der Waals surface area contributed by atoms with Gasteiger partial charge < -0.3 is 10.2 Å². The van der Waals surface area contributed by atoms with Crippen molar-refractivity contribution in [3.63, 3.8) is 0 Å². The number of rotatable bonds is 6. The minimum Gasteiger partial charge on any atom is -0.355 e. The topological polar surface area (TPSA) is 64.6 Å². The van der Waals surface area contributed by atoms with Crippen molar-refractivity contribution in [2.75, 3.05) is 57.3 Å². The number of carbonyl (C=O) groups excluding carboxylic acids is 1. The number of aryl methyl sites for hydroxylation is 2. The lowest BCUT2D eigenvalue weighted by Crippen LogP contribution is -2.39. The maximum Gasteiger partial charge on any atom is 0.234 e. The number of likely N-dealkylation sites (N-methyl/N-ethyl adjacent to an activating group) is 1. The molecule has 4 rings (SSSR count). The minimum absolute atomic E-state index is 0.118. The normalized spacial score (nSPS) is 18.8. The summed E-state index contributed by atoms with van der Waals surface area (Å²) in [5.74, 6) is 2.16. The number of nitrogens with zero attached hydrogens (tertiary/aromatic N) is 5. The molecule has 2 saturated heterocycles. The largest absolute Gasteiger partial charge is 0.355 e. The molecule has 0 bridgehead atoms. The zero-order valence-corrected chi connectivity index (χ0v) is 19.4. The number of carbonyl (C=O) groups is 1. The number of fused-ring (bicyclic) bond motifs is 1. The van der Waals surface area contributed by atoms with E-state index in [-0.39, 0.29) is 5.91 Å². The average molecular weight is 431 g/mol. The standard InChI is InChI=1S/C22H34N6OS/c1-4-23-19(29)15-27-10-7-11-28(13-12-27)21-20-16(2)17(3)30-22(20)25-18(24-21)14-26-8-5-6-9-26/h4-15H2,1-3H3,(H,23,29). The summed E-state index contributed by atoms with van der Waals surface area (Å²) in [7, 11) is 0. The van der Waals surface area contributed by atoms with E-state index >= 15 is 0 Å². The number of thiophene rings is 1. The highest BCUT2D eigenvalue weighted by molar-refractivity contribution is 7.18. The molecule has 8 heteroatoms. The van der Waals surface area contributed by atoms with Gasteiger partial charge in [0.2, 0.25) is 5.91 Å². The van der Waals surface area contributed by atoms with Crippen molar-refractivity contribution in [1.29, 1.82) is 0 Å². The van der Waals surface area contributed by atoms with Gasteiger partial charge in [0.25, 0.3) is 0 Å². The van der Waals surface area contributed by atoms with Gasteiger partial charge in [0.05, 0.1) is 18.5 Å². The number of likely N-dealkylation sites (tertiary alicyclic amines) is 1. The second-order valence-corrected chi connectivity index (χ2v) is 9.68. The number of aromatic nitrogens is 2. The third kappa shape index (κ3) is 4.76. The van der Waals surface area contributed by atoms with Crippen molar-refractivity contribution >= 4 is 33.3 Å². The van der Waals surface area contributed by atoms with Crippen LogP contribution in [-0.4, -0.2) is 78.0 Å². The van der Waals surface area contributed by atoms with Crippen LogP contribution in [0.25, 0.3) is 10.2 Å². The second kappa shape index (κ2) is 9.58. The van der Waals surface area contributed by atoms with Crippen molar-refractivity contribution in [2.45, 2.75) is 46.6 Å². The molecule has 2 fully saturated rings. The average Bonchev–Trinajstić information content (AvgIpc) is 3.24. The predicted octanol–water partition coefficient (Wildman–Crippen LogP) is 2.55. The molecular formula is C22H34N6OS. The molecule has 2 aromatic rings. The lowest BCUT2D eigenvalue weighted by molar-refractivity contribution is -0.122. The van der Waals surface area contributed by atoms with E-state index in [1.54, 1.807) is 11.3 Å². The van der Waals surface area contributed by atoms with Crippen LogP contribution in [-0.2, 0) is 11.3 Å². The highest BCUT2D eigenvalue weighted by Gasteiger charge is 2.23. The fourth-order valence-corrected chi connectivity index (χ4v) is 5.55. The molecule has 0 aromatic carbocycles. The first-order valence-electron chi connectivity index (χ1n) is 11.3. The minimum atomic E-state index is 0.118. The van der Waals surface area contributed by atoms with E-state index in [1.807, 2.05) is 6.92 Å². The van der Waals surface area contributed by atoms with Crippen LogP contribution in [0.4, 0.5) is 5.82 Å². The van der Waals surface area contributed by atoms with Crippen LogP contribution < -0.4 is 10.2 Å². The molecular weight excluding hydrogens is 396 g/mol. The van der Waals surface area contributed by atoms with Gasteiger partial charge >= 0.3 is 0 Å². The van der Waals surface area contributed by atoms with Gasteiger partial charge in [0.1, 0.15) is 16.5 Å². The number of nitrogens with one attached hydrogen (secondary N) is 1. The number of hydrogen-bond donors (Lipinski definition) is 1. The van der Waals surface area contributed by atoms with E-state index in [1.165, 1.54) is 28.7 Å². The smallest absolute Gasteiger partial charge is 0.234 e. The van der Waals surface area contributed by atoms with Crippen LogP contribution in [0.5, 0.6) is 0 Å². The lowest BCUT2D eigenvalue weighted by atomic mass is 10.2. The molecule has 30 heavy (non-hydrogen) atoms. The Kier molecular flexibility index (Phi) is 6.85.